The third-order valence-electron chi connectivity index (χ3n) is 6.52. The van der Waals surface area contributed by atoms with E-state index in [4.69, 9.17) is 30.3 Å². The molecule has 6 unspecified atom stereocenters. The Bertz CT molecular complexity index is 1590. The van der Waals surface area contributed by atoms with Crippen LogP contribution < -0.4 is 22.5 Å². The number of aromatic amines is 2. The molecule has 2 aliphatic heterocycles. The smallest absolute Gasteiger partial charge is 0.330 e. The molecular weight excluding hydrogens is 599 g/mol. The maximum Gasteiger partial charge on any atom is 0.330 e. The van der Waals surface area contributed by atoms with E-state index in [1.807, 2.05) is 9.97 Å². The Morgan fingerprint density at radius 1 is 1.00 bits per heavy atom. The van der Waals surface area contributed by atoms with E-state index in [9.17, 15) is 54.7 Å². The summed E-state index contributed by atoms with van der Waals surface area (Å²) in [5, 5.41) is 62.9. The monoisotopic (exact) mass is 626 g/mol. The molecule has 228 valence electrons. The molecule has 2 aromatic rings. The fraction of sp³-hybridized carbons (Fsp3) is 0.600. The van der Waals surface area contributed by atoms with Crippen LogP contribution in [0.4, 0.5) is 0 Å². The van der Waals surface area contributed by atoms with Crippen molar-refractivity contribution >= 4 is 18.5 Å². The molecule has 9 N–H and O–H groups in total. The number of nitrogens with one attached hydrogen (secondary N) is 2. The summed E-state index contributed by atoms with van der Waals surface area (Å²) < 4.78 is 22.1. The van der Waals surface area contributed by atoms with Crippen molar-refractivity contribution in [2.75, 3.05) is 6.61 Å². The molecule has 0 amide bonds. The van der Waals surface area contributed by atoms with Crippen molar-refractivity contribution in [1.29, 1.82) is 0 Å². The molecule has 2 aromatic heterocycles. The lowest BCUT2D eigenvalue weighted by Gasteiger charge is -2.34. The molecule has 0 radical (unpaired) electrons. The lowest BCUT2D eigenvalue weighted by atomic mass is 10.1. The normalized spacial score (nSPS) is 34.0. The summed E-state index contributed by atoms with van der Waals surface area (Å²) in [7, 11) is 0. The Balaban J connectivity index is 1.54. The van der Waals surface area contributed by atoms with Crippen molar-refractivity contribution in [2.45, 2.75) is 68.9 Å². The van der Waals surface area contributed by atoms with Crippen molar-refractivity contribution < 1.29 is 54.1 Å². The summed E-state index contributed by atoms with van der Waals surface area (Å²) in [6, 6.07) is 0. The minimum Gasteiger partial charge on any atom is -0.393 e. The molecular formula is C20H27N4O15PS. The SMILES string of the molecule is Cc1cn([C@@H]2O[C@H](C(O)OP(O)(=S)OC3(O)C(O)[C@H](n4cc(C)c(=O)[nH]c4=O)O[C@@H]3CO)C(O)C2O)c(=O)[nH]c1=O. The molecule has 4 heterocycles. The van der Waals surface area contributed by atoms with Crippen molar-refractivity contribution in [2.24, 2.45) is 0 Å². The van der Waals surface area contributed by atoms with E-state index < -0.39 is 90.9 Å². The van der Waals surface area contributed by atoms with E-state index in [1.165, 1.54) is 13.8 Å². The second-order valence-electron chi connectivity index (χ2n) is 9.38. The van der Waals surface area contributed by atoms with Gasteiger partial charge in [-0.15, -0.1) is 0 Å². The molecule has 2 fully saturated rings. The predicted molar refractivity (Wildman–Crippen MR) is 135 cm³/mol. The number of aryl methyl sites for hydroxylation is 2. The standard InChI is InChI=1S/C20H27N4O15PS/c1-6-3-23(18(32)21-13(6)29)15-10(27)9(26)11(37-15)17(31)38-40(35,41)39-20(34)8(5-25)36-16(12(20)28)24-4-7(2)14(30)22-19(24)33/h3-4,8-12,15-17,25-28,31,34H,5H2,1-2H3,(H,35,41)(H,21,29,32)(H,22,30,33)/t8-,9?,10?,11+,12?,15-,16-,17?,20?,40?/m1/s1. The van der Waals surface area contributed by atoms with Crippen molar-refractivity contribution in [3.05, 3.63) is 65.2 Å². The molecule has 41 heavy (non-hydrogen) atoms. The van der Waals surface area contributed by atoms with Gasteiger partial charge in [0.25, 0.3) is 11.1 Å². The first-order valence-corrected chi connectivity index (χ1v) is 14.3. The first-order chi connectivity index (χ1) is 19.0. The highest BCUT2D eigenvalue weighted by Gasteiger charge is 2.60. The third kappa shape index (κ3) is 5.79. The van der Waals surface area contributed by atoms with Gasteiger partial charge in [0.2, 0.25) is 5.79 Å². The Morgan fingerprint density at radius 3 is 2.02 bits per heavy atom. The fourth-order valence-electron chi connectivity index (χ4n) is 4.34. The molecule has 2 aliphatic rings. The highest BCUT2D eigenvalue weighted by molar-refractivity contribution is 8.07. The van der Waals surface area contributed by atoms with Crippen LogP contribution >= 0.6 is 6.72 Å². The number of rotatable bonds is 8. The molecule has 21 heteroatoms. The topological polar surface area (TPSA) is 288 Å². The molecule has 0 spiro atoms. The van der Waals surface area contributed by atoms with Gasteiger partial charge in [-0.2, -0.15) is 0 Å². The second kappa shape index (κ2) is 11.3. The van der Waals surface area contributed by atoms with E-state index in [2.05, 4.69) is 0 Å². The molecule has 0 bridgehead atoms. The van der Waals surface area contributed by atoms with Crippen LogP contribution in [0.15, 0.2) is 31.6 Å². The van der Waals surface area contributed by atoms with Crippen LogP contribution in [0.1, 0.15) is 23.6 Å². The van der Waals surface area contributed by atoms with Gasteiger partial charge in [-0.1, -0.05) is 0 Å². The minimum atomic E-state index is -4.86. The van der Waals surface area contributed by atoms with E-state index >= 15 is 0 Å². The molecule has 0 saturated carbocycles. The lowest BCUT2D eigenvalue weighted by molar-refractivity contribution is -0.229. The van der Waals surface area contributed by atoms with Gasteiger partial charge >= 0.3 is 18.1 Å². The number of H-pyrrole nitrogens is 2. The summed E-state index contributed by atoms with van der Waals surface area (Å²) in [4.78, 5) is 62.4. The molecule has 2 saturated heterocycles. The quantitative estimate of drug-likeness (QED) is 0.0977. The molecule has 10 atom stereocenters. The van der Waals surface area contributed by atoms with Gasteiger partial charge in [-0.25, -0.2) is 9.59 Å². The van der Waals surface area contributed by atoms with Crippen LogP contribution in [-0.2, 0) is 30.3 Å². The van der Waals surface area contributed by atoms with Gasteiger partial charge in [-0.05, 0) is 25.7 Å². The first-order valence-electron chi connectivity index (χ1n) is 11.7. The molecule has 0 aromatic carbocycles. The zero-order valence-electron chi connectivity index (χ0n) is 21.1. The van der Waals surface area contributed by atoms with Crippen LogP contribution in [0, 0.1) is 13.8 Å². The predicted octanol–water partition coefficient (Wildman–Crippen LogP) is -5.17. The Labute approximate surface area is 232 Å². The Hall–Kier alpha value is -2.43. The number of ether oxygens (including phenoxy) is 2. The largest absolute Gasteiger partial charge is 0.393 e. The van der Waals surface area contributed by atoms with Gasteiger partial charge < -0.3 is 45.0 Å². The van der Waals surface area contributed by atoms with Crippen molar-refractivity contribution in [3.8, 4) is 0 Å². The number of aromatic nitrogens is 4. The fourth-order valence-corrected chi connectivity index (χ4v) is 6.00. The summed E-state index contributed by atoms with van der Waals surface area (Å²) in [6.45, 7) is -3.23. The number of nitrogens with zero attached hydrogens (tertiary/aromatic N) is 2. The molecule has 19 nitrogen and oxygen atoms in total. The number of hydrogen-bond donors (Lipinski definition) is 9. The van der Waals surface area contributed by atoms with Crippen molar-refractivity contribution in [1.82, 2.24) is 19.1 Å². The Morgan fingerprint density at radius 2 is 1.51 bits per heavy atom. The van der Waals surface area contributed by atoms with Gasteiger partial charge in [0, 0.05) is 23.5 Å². The summed E-state index contributed by atoms with van der Waals surface area (Å²) in [5.74, 6) is -3.05. The zero-order valence-corrected chi connectivity index (χ0v) is 22.8. The Kier molecular flexibility index (Phi) is 8.71. The van der Waals surface area contributed by atoms with Crippen LogP contribution in [0.5, 0.6) is 0 Å². The number of aliphatic hydroxyl groups excluding tert-OH is 5. The third-order valence-corrected chi connectivity index (χ3v) is 8.01. The van der Waals surface area contributed by atoms with Gasteiger partial charge in [0.1, 0.15) is 24.4 Å². The maximum atomic E-state index is 12.3. The van der Waals surface area contributed by atoms with Crippen LogP contribution in [0.3, 0.4) is 0 Å². The van der Waals surface area contributed by atoms with Crippen molar-refractivity contribution in [3.63, 3.8) is 0 Å². The van der Waals surface area contributed by atoms with Gasteiger partial charge in [0.15, 0.2) is 24.8 Å². The second-order valence-corrected chi connectivity index (χ2v) is 12.1. The summed E-state index contributed by atoms with van der Waals surface area (Å²) >= 11 is 4.82. The number of aliphatic hydroxyl groups is 6. The minimum absolute atomic E-state index is 0.0194. The van der Waals surface area contributed by atoms with Gasteiger partial charge in [0.05, 0.1) is 6.61 Å². The average Bonchev–Trinajstić information content (AvgIpc) is 3.30. The average molecular weight is 626 g/mol. The van der Waals surface area contributed by atoms with Crippen LogP contribution in [0.25, 0.3) is 0 Å². The van der Waals surface area contributed by atoms with E-state index in [-0.39, 0.29) is 11.1 Å². The maximum absolute atomic E-state index is 12.3. The van der Waals surface area contributed by atoms with Crippen LogP contribution in [0.2, 0.25) is 0 Å². The molecule has 0 aliphatic carbocycles. The zero-order chi connectivity index (χ0) is 30.6. The molecule has 4 rings (SSSR count). The van der Waals surface area contributed by atoms with Gasteiger partial charge in [-0.3, -0.25) is 37.7 Å². The highest BCUT2D eigenvalue weighted by atomic mass is 32.5. The summed E-state index contributed by atoms with van der Waals surface area (Å²) in [6.07, 6.45) is -13.5. The highest BCUT2D eigenvalue weighted by Crippen LogP contribution is 2.53. The number of hydrogen-bond acceptors (Lipinski definition) is 15. The van der Waals surface area contributed by atoms with E-state index in [0.717, 1.165) is 17.0 Å². The lowest BCUT2D eigenvalue weighted by Crippen LogP contribution is -2.51. The summed E-state index contributed by atoms with van der Waals surface area (Å²) in [5.41, 5.74) is -3.44. The van der Waals surface area contributed by atoms with E-state index in [0.29, 0.717) is 4.57 Å². The first kappa shape index (κ1) is 31.5. The van der Waals surface area contributed by atoms with Crippen LogP contribution in [-0.4, -0.2) is 104 Å². The van der Waals surface area contributed by atoms with E-state index in [1.54, 1.807) is 0 Å².